The first-order chi connectivity index (χ1) is 5.06. The first-order valence-electron chi connectivity index (χ1n) is 4.08. The molecule has 1 rings (SSSR count). The van der Waals surface area contributed by atoms with Crippen molar-refractivity contribution in [3.05, 3.63) is 12.7 Å². The highest BCUT2D eigenvalue weighted by molar-refractivity contribution is 8.00. The summed E-state index contributed by atoms with van der Waals surface area (Å²) in [6.45, 7) is 11.7. The third kappa shape index (κ3) is 2.00. The third-order valence-electron chi connectivity index (χ3n) is 2.16. The van der Waals surface area contributed by atoms with E-state index < -0.39 is 0 Å². The molecule has 0 radical (unpaired) electrons. The van der Waals surface area contributed by atoms with Gasteiger partial charge in [0.05, 0.1) is 5.37 Å². The van der Waals surface area contributed by atoms with E-state index in [0.717, 1.165) is 11.8 Å². The third-order valence-corrected chi connectivity index (χ3v) is 3.84. The molecule has 0 aromatic carbocycles. The van der Waals surface area contributed by atoms with Gasteiger partial charge in [-0.15, -0.1) is 18.3 Å². The Morgan fingerprint density at radius 3 is 2.64 bits per heavy atom. The van der Waals surface area contributed by atoms with Gasteiger partial charge < -0.3 is 5.32 Å². The molecule has 1 aliphatic heterocycles. The van der Waals surface area contributed by atoms with Crippen molar-refractivity contribution in [3.63, 3.8) is 0 Å². The molecule has 2 unspecified atom stereocenters. The van der Waals surface area contributed by atoms with Crippen LogP contribution in [-0.2, 0) is 0 Å². The fourth-order valence-electron chi connectivity index (χ4n) is 1.15. The van der Waals surface area contributed by atoms with Crippen LogP contribution < -0.4 is 5.32 Å². The van der Waals surface area contributed by atoms with Gasteiger partial charge in [-0.25, -0.2) is 0 Å². The molecule has 1 fully saturated rings. The second-order valence-corrected chi connectivity index (χ2v) is 5.31. The molecule has 0 saturated carbocycles. The fraction of sp³-hybridized carbons (Fsp3) is 0.778. The lowest BCUT2D eigenvalue weighted by molar-refractivity contribution is 0.417. The van der Waals surface area contributed by atoms with Crippen LogP contribution >= 0.6 is 11.8 Å². The summed E-state index contributed by atoms with van der Waals surface area (Å²) in [6.07, 6.45) is 2.04. The molecular formula is C9H17NS. The van der Waals surface area contributed by atoms with E-state index >= 15 is 0 Å². The zero-order valence-electron chi connectivity index (χ0n) is 7.55. The highest BCUT2D eigenvalue weighted by atomic mass is 32.2. The van der Waals surface area contributed by atoms with E-state index in [2.05, 4.69) is 32.7 Å². The molecular weight excluding hydrogens is 154 g/mol. The Morgan fingerprint density at radius 1 is 1.64 bits per heavy atom. The van der Waals surface area contributed by atoms with E-state index in [9.17, 15) is 0 Å². The number of rotatable bonds is 2. The molecule has 0 aliphatic carbocycles. The molecule has 2 atom stereocenters. The molecule has 1 nitrogen and oxygen atoms in total. The molecule has 0 aromatic rings. The van der Waals surface area contributed by atoms with E-state index in [1.54, 1.807) is 0 Å². The van der Waals surface area contributed by atoms with Gasteiger partial charge in [-0.1, -0.05) is 26.8 Å². The van der Waals surface area contributed by atoms with Crippen LogP contribution in [0.4, 0.5) is 0 Å². The highest BCUT2D eigenvalue weighted by Crippen LogP contribution is 2.35. The minimum Gasteiger partial charge on any atom is -0.304 e. The topological polar surface area (TPSA) is 12.0 Å². The van der Waals surface area contributed by atoms with Crippen LogP contribution in [0.3, 0.4) is 0 Å². The number of thioether (sulfide) groups is 1. The van der Waals surface area contributed by atoms with Crippen molar-refractivity contribution in [2.24, 2.45) is 5.41 Å². The van der Waals surface area contributed by atoms with Gasteiger partial charge >= 0.3 is 0 Å². The predicted octanol–water partition coefficient (Wildman–Crippen LogP) is 2.25. The minimum absolute atomic E-state index is 0.218. The maximum Gasteiger partial charge on any atom is 0.0622 e. The van der Waals surface area contributed by atoms with Crippen LogP contribution in [0, 0.1) is 5.41 Å². The fourth-order valence-corrected chi connectivity index (χ4v) is 2.44. The molecule has 0 bridgehead atoms. The van der Waals surface area contributed by atoms with Gasteiger partial charge in [0.2, 0.25) is 0 Å². The van der Waals surface area contributed by atoms with Crippen molar-refractivity contribution in [1.29, 1.82) is 0 Å². The van der Waals surface area contributed by atoms with Gasteiger partial charge in [-0.05, 0) is 0 Å². The van der Waals surface area contributed by atoms with Gasteiger partial charge in [0.15, 0.2) is 0 Å². The van der Waals surface area contributed by atoms with Gasteiger partial charge in [-0.2, -0.15) is 0 Å². The quantitative estimate of drug-likeness (QED) is 0.640. The van der Waals surface area contributed by atoms with E-state index in [4.69, 9.17) is 0 Å². The van der Waals surface area contributed by atoms with Crippen LogP contribution in [0.5, 0.6) is 0 Å². The summed E-state index contributed by atoms with van der Waals surface area (Å²) in [5.41, 5.74) is 0.218. The van der Waals surface area contributed by atoms with Crippen molar-refractivity contribution in [2.45, 2.75) is 31.4 Å². The minimum atomic E-state index is 0.218. The molecule has 0 amide bonds. The van der Waals surface area contributed by atoms with Gasteiger partial charge in [0, 0.05) is 17.2 Å². The van der Waals surface area contributed by atoms with E-state index in [0.29, 0.717) is 5.37 Å². The number of hydrogen-bond donors (Lipinski definition) is 1. The zero-order valence-corrected chi connectivity index (χ0v) is 8.37. The van der Waals surface area contributed by atoms with Crippen molar-refractivity contribution >= 4 is 11.8 Å². The second-order valence-electron chi connectivity index (χ2n) is 3.76. The zero-order chi connectivity index (χ0) is 8.48. The summed E-state index contributed by atoms with van der Waals surface area (Å²) in [4.78, 5) is 0. The molecule has 11 heavy (non-hydrogen) atoms. The number of nitrogens with one attached hydrogen (secondary N) is 1. The van der Waals surface area contributed by atoms with Crippen LogP contribution in [-0.4, -0.2) is 17.2 Å². The van der Waals surface area contributed by atoms with Crippen LogP contribution in [0.15, 0.2) is 12.7 Å². The Bertz CT molecular complexity index is 154. The van der Waals surface area contributed by atoms with Crippen molar-refractivity contribution < 1.29 is 0 Å². The second kappa shape index (κ2) is 3.20. The lowest BCUT2D eigenvalue weighted by atomic mass is 9.93. The normalized spacial score (nSPS) is 32.3. The standard InChI is InChI=1S/C9H17NS/c1-5-9(3,4)8-10-6-7(2)11-8/h5,7-8,10H,1,6H2,2-4H3. The SMILES string of the molecule is C=CC(C)(C)C1NCC(C)S1. The average Bonchev–Trinajstić information content (AvgIpc) is 2.36. The summed E-state index contributed by atoms with van der Waals surface area (Å²) < 4.78 is 0. The van der Waals surface area contributed by atoms with Crippen molar-refractivity contribution in [3.8, 4) is 0 Å². The Labute approximate surface area is 73.6 Å². The highest BCUT2D eigenvalue weighted by Gasteiger charge is 2.32. The molecule has 1 heterocycles. The maximum absolute atomic E-state index is 3.85. The molecule has 64 valence electrons. The summed E-state index contributed by atoms with van der Waals surface area (Å²) in [7, 11) is 0. The molecule has 1 saturated heterocycles. The Hall–Kier alpha value is 0.0500. The van der Waals surface area contributed by atoms with Crippen LogP contribution in [0.25, 0.3) is 0 Å². The lowest BCUT2D eigenvalue weighted by Gasteiger charge is -2.27. The Kier molecular flexibility index (Phi) is 2.66. The van der Waals surface area contributed by atoms with Crippen LogP contribution in [0.1, 0.15) is 20.8 Å². The average molecular weight is 171 g/mol. The Balaban J connectivity index is 2.55. The molecule has 0 spiro atoms. The monoisotopic (exact) mass is 171 g/mol. The molecule has 0 aromatic heterocycles. The lowest BCUT2D eigenvalue weighted by Crippen LogP contribution is -2.33. The summed E-state index contributed by atoms with van der Waals surface area (Å²) >= 11 is 2.01. The van der Waals surface area contributed by atoms with E-state index in [1.807, 2.05) is 17.8 Å². The molecule has 2 heteroatoms. The first-order valence-corrected chi connectivity index (χ1v) is 5.03. The van der Waals surface area contributed by atoms with Gasteiger partial charge in [0.25, 0.3) is 0 Å². The summed E-state index contributed by atoms with van der Waals surface area (Å²) in [6, 6.07) is 0. The predicted molar refractivity (Wildman–Crippen MR) is 52.8 cm³/mol. The van der Waals surface area contributed by atoms with Gasteiger partial charge in [-0.3, -0.25) is 0 Å². The Morgan fingerprint density at radius 2 is 2.27 bits per heavy atom. The van der Waals surface area contributed by atoms with Gasteiger partial charge in [0.1, 0.15) is 0 Å². The first kappa shape index (κ1) is 9.14. The largest absolute Gasteiger partial charge is 0.304 e. The maximum atomic E-state index is 3.85. The summed E-state index contributed by atoms with van der Waals surface area (Å²) in [5, 5.41) is 4.79. The van der Waals surface area contributed by atoms with Crippen molar-refractivity contribution in [2.75, 3.05) is 6.54 Å². The van der Waals surface area contributed by atoms with E-state index in [1.165, 1.54) is 0 Å². The summed E-state index contributed by atoms with van der Waals surface area (Å²) in [5.74, 6) is 0. The smallest absolute Gasteiger partial charge is 0.0622 e. The number of hydrogen-bond acceptors (Lipinski definition) is 2. The van der Waals surface area contributed by atoms with Crippen LogP contribution in [0.2, 0.25) is 0 Å². The van der Waals surface area contributed by atoms with Crippen molar-refractivity contribution in [1.82, 2.24) is 5.32 Å². The van der Waals surface area contributed by atoms with E-state index in [-0.39, 0.29) is 5.41 Å². The molecule has 1 N–H and O–H groups in total. The molecule has 1 aliphatic rings.